The second-order valence-electron chi connectivity index (χ2n) is 8.72. The third kappa shape index (κ3) is 2.51. The Balaban J connectivity index is 1.80. The van der Waals surface area contributed by atoms with Crippen LogP contribution in [-0.2, 0) is 23.7 Å². The van der Waals surface area contributed by atoms with Crippen molar-refractivity contribution in [3.63, 3.8) is 0 Å². The molecule has 0 spiro atoms. The van der Waals surface area contributed by atoms with E-state index < -0.39 is 5.92 Å². The summed E-state index contributed by atoms with van der Waals surface area (Å²) in [5.41, 5.74) is 5.41. The summed E-state index contributed by atoms with van der Waals surface area (Å²) in [5.74, 6) is -0.462. The van der Waals surface area contributed by atoms with Crippen molar-refractivity contribution in [2.75, 3.05) is 0 Å². The number of aryl methyl sites for hydroxylation is 1. The van der Waals surface area contributed by atoms with Crippen molar-refractivity contribution in [1.82, 2.24) is 9.78 Å². The number of nitriles is 1. The van der Waals surface area contributed by atoms with E-state index in [1.807, 2.05) is 42.9 Å². The summed E-state index contributed by atoms with van der Waals surface area (Å²) >= 11 is 0. The van der Waals surface area contributed by atoms with Crippen molar-refractivity contribution >= 4 is 5.78 Å². The fraction of sp³-hybridized carbons (Fsp3) is 0.346. The molecule has 1 saturated carbocycles. The van der Waals surface area contributed by atoms with Gasteiger partial charge in [0, 0.05) is 29.5 Å². The minimum Gasteiger partial charge on any atom is -0.298 e. The molecule has 4 heteroatoms. The normalized spacial score (nSPS) is 27.8. The van der Waals surface area contributed by atoms with E-state index in [-0.39, 0.29) is 23.0 Å². The second-order valence-corrected chi connectivity index (χ2v) is 8.72. The molecule has 150 valence electrons. The number of fused-ring (bicyclic) bond motifs is 3. The van der Waals surface area contributed by atoms with Gasteiger partial charge in [0.1, 0.15) is 5.92 Å². The maximum Gasteiger partial charge on any atom is 0.153 e. The average Bonchev–Trinajstić information content (AvgIpc) is 3.14. The molecule has 1 heterocycles. The van der Waals surface area contributed by atoms with Crippen LogP contribution in [0.2, 0.25) is 0 Å². The molecule has 1 fully saturated rings. The molecule has 5 rings (SSSR count). The van der Waals surface area contributed by atoms with Crippen molar-refractivity contribution in [3.05, 3.63) is 77.5 Å². The number of carbonyl (C=O) groups is 1. The molecule has 1 aromatic heterocycles. The van der Waals surface area contributed by atoms with Crippen LogP contribution in [0.5, 0.6) is 0 Å². The number of Topliss-reactive ketones (excluding diaryl/α,β-unsaturated/α-hetero) is 1. The fourth-order valence-electron chi connectivity index (χ4n) is 6.09. The van der Waals surface area contributed by atoms with Crippen LogP contribution >= 0.6 is 0 Å². The van der Waals surface area contributed by atoms with Gasteiger partial charge in [0.25, 0.3) is 0 Å². The predicted molar refractivity (Wildman–Crippen MR) is 116 cm³/mol. The molecule has 3 aromatic rings. The number of nitrogens with zero attached hydrogens (tertiary/aromatic N) is 3. The number of hydrogen-bond acceptors (Lipinski definition) is 3. The Bertz CT molecular complexity index is 1140. The maximum absolute atomic E-state index is 13.0. The average molecular weight is 396 g/mol. The summed E-state index contributed by atoms with van der Waals surface area (Å²) in [6, 6.07) is 23.1. The molecule has 0 aliphatic heterocycles. The molecule has 2 aliphatic carbocycles. The van der Waals surface area contributed by atoms with E-state index in [0.717, 1.165) is 24.1 Å². The Morgan fingerprint density at radius 3 is 2.43 bits per heavy atom. The number of rotatable bonds is 2. The van der Waals surface area contributed by atoms with Crippen LogP contribution in [0.25, 0.3) is 11.3 Å². The lowest BCUT2D eigenvalue weighted by atomic mass is 9.51. The number of hydrogen-bond donors (Lipinski definition) is 0. The van der Waals surface area contributed by atoms with Gasteiger partial charge in [0.15, 0.2) is 5.78 Å². The highest BCUT2D eigenvalue weighted by Crippen LogP contribution is 2.57. The van der Waals surface area contributed by atoms with Gasteiger partial charge in [-0.25, -0.2) is 0 Å². The first-order chi connectivity index (χ1) is 14.6. The highest BCUT2D eigenvalue weighted by Gasteiger charge is 2.57. The third-order valence-electron chi connectivity index (χ3n) is 7.32. The zero-order chi connectivity index (χ0) is 20.9. The minimum absolute atomic E-state index is 0.1000. The first kappa shape index (κ1) is 18.8. The van der Waals surface area contributed by atoms with Crippen LogP contribution in [-0.4, -0.2) is 15.6 Å². The van der Waals surface area contributed by atoms with Gasteiger partial charge in [-0.05, 0) is 30.7 Å². The lowest BCUT2D eigenvalue weighted by Crippen LogP contribution is -2.53. The van der Waals surface area contributed by atoms with E-state index in [1.54, 1.807) is 0 Å². The summed E-state index contributed by atoms with van der Waals surface area (Å²) in [7, 11) is 2.01. The summed E-state index contributed by atoms with van der Waals surface area (Å²) in [6.07, 6.45) is 2.36. The summed E-state index contributed by atoms with van der Waals surface area (Å²) < 4.78 is 2.02. The van der Waals surface area contributed by atoms with Crippen LogP contribution in [0.4, 0.5) is 0 Å². The Morgan fingerprint density at radius 1 is 1.10 bits per heavy atom. The molecule has 0 N–H and O–H groups in total. The van der Waals surface area contributed by atoms with Crippen molar-refractivity contribution in [1.29, 1.82) is 5.26 Å². The molecule has 1 unspecified atom stereocenters. The molecule has 0 amide bonds. The first-order valence-electron chi connectivity index (χ1n) is 10.7. The smallest absolute Gasteiger partial charge is 0.153 e. The second kappa shape index (κ2) is 6.95. The molecule has 0 radical (unpaired) electrons. The number of benzene rings is 2. The quantitative estimate of drug-likeness (QED) is 0.633. The van der Waals surface area contributed by atoms with Gasteiger partial charge in [-0.2, -0.15) is 10.4 Å². The van der Waals surface area contributed by atoms with Crippen LogP contribution in [0.3, 0.4) is 0 Å². The van der Waals surface area contributed by atoms with Gasteiger partial charge in [-0.3, -0.25) is 9.48 Å². The molecular formula is C26H25N3O. The predicted octanol–water partition coefficient (Wildman–Crippen LogP) is 4.68. The lowest BCUT2D eigenvalue weighted by Gasteiger charge is -2.51. The Hall–Kier alpha value is -3.19. The highest BCUT2D eigenvalue weighted by atomic mass is 16.1. The summed E-state index contributed by atoms with van der Waals surface area (Å²) in [6.45, 7) is 2.02. The maximum atomic E-state index is 13.0. The van der Waals surface area contributed by atoms with E-state index in [2.05, 4.69) is 42.5 Å². The first-order valence-corrected chi connectivity index (χ1v) is 10.7. The van der Waals surface area contributed by atoms with Gasteiger partial charge >= 0.3 is 0 Å². The van der Waals surface area contributed by atoms with Crippen molar-refractivity contribution in [2.45, 2.75) is 31.6 Å². The summed E-state index contributed by atoms with van der Waals surface area (Å²) in [5, 5.41) is 14.8. The van der Waals surface area contributed by atoms with E-state index in [0.29, 0.717) is 6.42 Å². The molecule has 2 aromatic carbocycles. The molecule has 0 saturated heterocycles. The monoisotopic (exact) mass is 395 g/mol. The zero-order valence-electron chi connectivity index (χ0n) is 17.4. The van der Waals surface area contributed by atoms with Crippen LogP contribution in [0.15, 0.2) is 60.7 Å². The standard InChI is InChI=1S/C26H25N3O/c1-17-22-14-13-21-23(18-9-5-3-6-10-18)28-29(2)25(21)26(22,15-19(16-27)24(17)30)20-11-7-4-8-12-20/h3-12,17,19,22H,13-15H2,1-2H3/t17-,19?,22-,26+/m0/s1. The minimum atomic E-state index is -0.586. The van der Waals surface area contributed by atoms with Crippen molar-refractivity contribution in [2.24, 2.45) is 24.8 Å². The van der Waals surface area contributed by atoms with E-state index in [9.17, 15) is 10.1 Å². The van der Waals surface area contributed by atoms with E-state index in [4.69, 9.17) is 5.10 Å². The van der Waals surface area contributed by atoms with Crippen LogP contribution in [0.1, 0.15) is 36.6 Å². The number of aromatic nitrogens is 2. The highest BCUT2D eigenvalue weighted by molar-refractivity contribution is 5.87. The van der Waals surface area contributed by atoms with Crippen LogP contribution < -0.4 is 0 Å². The number of carbonyl (C=O) groups excluding carboxylic acids is 1. The third-order valence-corrected chi connectivity index (χ3v) is 7.32. The Kier molecular flexibility index (Phi) is 4.36. The van der Waals surface area contributed by atoms with Gasteiger partial charge in [0.2, 0.25) is 0 Å². The lowest BCUT2D eigenvalue weighted by molar-refractivity contribution is -0.131. The van der Waals surface area contributed by atoms with Crippen molar-refractivity contribution in [3.8, 4) is 17.3 Å². The van der Waals surface area contributed by atoms with E-state index in [1.165, 1.54) is 16.8 Å². The number of ketones is 1. The van der Waals surface area contributed by atoms with Crippen LogP contribution in [0, 0.1) is 29.1 Å². The van der Waals surface area contributed by atoms with E-state index >= 15 is 0 Å². The van der Waals surface area contributed by atoms with Crippen molar-refractivity contribution < 1.29 is 4.79 Å². The Labute approximate surface area is 177 Å². The SMILES string of the molecule is C[C@@H]1C(=O)C(C#N)C[C@]2(c3ccccc3)c3c(c(-c4ccccc4)nn3C)CC[C@@H]12. The van der Waals surface area contributed by atoms with Gasteiger partial charge in [0.05, 0.1) is 17.5 Å². The fourth-order valence-corrected chi connectivity index (χ4v) is 6.09. The molecule has 4 atom stereocenters. The molecular weight excluding hydrogens is 370 g/mol. The molecule has 0 bridgehead atoms. The molecule has 30 heavy (non-hydrogen) atoms. The molecule has 2 aliphatic rings. The van der Waals surface area contributed by atoms with Gasteiger partial charge in [-0.1, -0.05) is 67.6 Å². The largest absolute Gasteiger partial charge is 0.298 e. The van der Waals surface area contributed by atoms with Gasteiger partial charge in [-0.15, -0.1) is 0 Å². The topological polar surface area (TPSA) is 58.7 Å². The van der Waals surface area contributed by atoms with Gasteiger partial charge < -0.3 is 0 Å². The zero-order valence-corrected chi connectivity index (χ0v) is 17.4. The summed E-state index contributed by atoms with van der Waals surface area (Å²) in [4.78, 5) is 13.0. The Morgan fingerprint density at radius 2 is 1.77 bits per heavy atom. The molecule has 4 nitrogen and oxygen atoms in total.